The number of phenolic OH excluding ortho intramolecular Hbond substituents is 1. The number of phenols is 1. The Morgan fingerprint density at radius 1 is 0.721 bits per heavy atom. The van der Waals surface area contributed by atoms with Crippen LogP contribution in [0.25, 0.3) is 10.8 Å². The number of sulfone groups is 2. The number of nitrogens with two attached hydrogens (primary N) is 1. The minimum Gasteiger partial charge on any atom is -0.744 e. The van der Waals surface area contributed by atoms with Crippen LogP contribution in [0.1, 0.15) is 10.4 Å². The number of hydrogen-bond acceptors (Lipinski definition) is 26. The third-order valence-electron chi connectivity index (χ3n) is 8.13. The smallest absolute Gasteiger partial charge is 0.744 e. The van der Waals surface area contributed by atoms with Crippen LogP contribution in [0.5, 0.6) is 5.75 Å². The summed E-state index contributed by atoms with van der Waals surface area (Å²) in [5.41, 5.74) is 4.57. The minimum atomic E-state index is -5.39. The van der Waals surface area contributed by atoms with Crippen LogP contribution in [0.15, 0.2) is 125 Å². The first-order valence-corrected chi connectivity index (χ1v) is 24.4. The number of nitrogens with zero attached hydrogens (tertiary/aromatic N) is 4. The number of carbonyl (C=O) groups excluding carboxylic acids is 1. The Balaban J connectivity index is 0.00000578. The van der Waals surface area contributed by atoms with Crippen molar-refractivity contribution in [1.29, 1.82) is 0 Å². The molecule has 0 bridgehead atoms. The Kier molecular flexibility index (Phi) is 27.5. The summed E-state index contributed by atoms with van der Waals surface area (Å²) in [6.07, 6.45) is 0. The van der Waals surface area contributed by atoms with Gasteiger partial charge in [0.05, 0.1) is 78.8 Å². The number of benzene rings is 5. The van der Waals surface area contributed by atoms with Crippen molar-refractivity contribution < 1.29 is 203 Å². The fourth-order valence-corrected chi connectivity index (χ4v) is 9.31. The summed E-state index contributed by atoms with van der Waals surface area (Å²) in [6, 6.07) is 16.7. The van der Waals surface area contributed by atoms with Crippen LogP contribution < -0.4 is 140 Å². The summed E-state index contributed by atoms with van der Waals surface area (Å²) in [5.74, 6) is -2.86. The number of azo groups is 2. The number of rotatable bonds is 21. The average molecular weight is 1090 g/mol. The van der Waals surface area contributed by atoms with Crippen LogP contribution in [0.4, 0.5) is 34.1 Å². The number of hydrogen-bond donors (Lipinski definition) is 3. The fraction of sp³-hybridized carbons (Fsp3) is 0.121. The zero-order valence-corrected chi connectivity index (χ0v) is 48.4. The second kappa shape index (κ2) is 28.9. The first-order chi connectivity index (χ1) is 30.1. The summed E-state index contributed by atoms with van der Waals surface area (Å²) in [4.78, 5) is 11.5. The van der Waals surface area contributed by atoms with Crippen molar-refractivity contribution in [3.63, 3.8) is 0 Å². The van der Waals surface area contributed by atoms with Crippen LogP contribution in [0.3, 0.4) is 0 Å². The van der Waals surface area contributed by atoms with Crippen molar-refractivity contribution in [1.82, 2.24) is 0 Å². The van der Waals surface area contributed by atoms with Crippen LogP contribution >= 0.6 is 24.4 Å². The summed E-state index contributed by atoms with van der Waals surface area (Å²) < 4.78 is 136. The van der Waals surface area contributed by atoms with E-state index in [1.165, 1.54) is 60.7 Å². The second-order valence-corrected chi connectivity index (χ2v) is 20.1. The van der Waals surface area contributed by atoms with Gasteiger partial charge in [-0.2, -0.15) is 14.6 Å². The Morgan fingerprint density at radius 3 is 1.87 bits per heavy atom. The van der Waals surface area contributed by atoms with E-state index in [1.54, 1.807) is 0 Å². The topological polar surface area (TPSA) is 400 Å². The van der Waals surface area contributed by atoms with Crippen molar-refractivity contribution in [2.45, 2.75) is 19.6 Å². The van der Waals surface area contributed by atoms with Crippen molar-refractivity contribution in [3.05, 3.63) is 90.5 Å². The van der Waals surface area contributed by atoms with E-state index in [1.807, 2.05) is 0 Å². The average Bonchev–Trinajstić information content (AvgIpc) is 3.23. The maximum Gasteiger partial charge on any atom is 1.00 e. The normalized spacial score (nSPS) is 11.9. The number of nitrogens with one attached hydrogen (secondary N) is 1. The molecule has 0 aliphatic carbocycles. The van der Waals surface area contributed by atoms with Gasteiger partial charge in [-0.25, -0.2) is 33.7 Å². The molecule has 35 heteroatoms. The molecule has 0 aliphatic heterocycles. The van der Waals surface area contributed by atoms with Crippen LogP contribution in [-0.4, -0.2) is 78.5 Å². The van der Waals surface area contributed by atoms with Crippen LogP contribution in [-0.2, 0) is 62.3 Å². The molecule has 0 radical (unpaired) electrons. The molecular formula is C33H26N6Na4O19S6. The molecule has 0 saturated carbocycles. The summed E-state index contributed by atoms with van der Waals surface area (Å²) in [5, 5.41) is 53.3. The van der Waals surface area contributed by atoms with E-state index < -0.39 is 91.9 Å². The first kappa shape index (κ1) is 64.8. The summed E-state index contributed by atoms with van der Waals surface area (Å²) in [7, 11) is -18.4. The maximum absolute atomic E-state index is 13.1. The monoisotopic (exact) mass is 1090 g/mol. The molecule has 5 aromatic carbocycles. The number of fused-ring (bicyclic) bond motifs is 1. The summed E-state index contributed by atoms with van der Waals surface area (Å²) in [6.45, 7) is -1.27. The van der Waals surface area contributed by atoms with Gasteiger partial charge < -0.3 is 40.1 Å². The van der Waals surface area contributed by atoms with Gasteiger partial charge in [-0.1, -0.05) is 6.07 Å². The number of aromatic hydroxyl groups is 1. The van der Waals surface area contributed by atoms with Crippen molar-refractivity contribution >= 4 is 115 Å². The Labute approximate surface area is 484 Å². The molecule has 0 heterocycles. The predicted molar refractivity (Wildman–Crippen MR) is 216 cm³/mol. The molecular weight excluding hydrogens is 1070 g/mol. The van der Waals surface area contributed by atoms with E-state index in [0.29, 0.717) is 0 Å². The fourth-order valence-electron chi connectivity index (χ4n) is 5.29. The van der Waals surface area contributed by atoms with E-state index in [0.717, 1.165) is 24.3 Å². The number of carbonyl (C=O) groups is 1. The van der Waals surface area contributed by atoms with Crippen molar-refractivity contribution in [3.8, 4) is 5.75 Å². The molecule has 342 valence electrons. The molecule has 0 atom stereocenters. The summed E-state index contributed by atoms with van der Waals surface area (Å²) >= 11 is 0.266. The number of amides is 1. The quantitative estimate of drug-likeness (QED) is 0.00707. The Hall–Kier alpha value is -1.23. The van der Waals surface area contributed by atoms with Gasteiger partial charge in [0, 0.05) is 11.3 Å². The zero-order chi connectivity index (χ0) is 46.9. The van der Waals surface area contributed by atoms with Gasteiger partial charge in [-0.05, 0) is 84.2 Å². The Bertz CT molecular complexity index is 3070. The third-order valence-corrected chi connectivity index (χ3v) is 13.8. The first-order valence-electron chi connectivity index (χ1n) is 16.9. The maximum atomic E-state index is 13.1. The molecule has 1 amide bonds. The third kappa shape index (κ3) is 18.4. The van der Waals surface area contributed by atoms with E-state index in [4.69, 9.17) is 5.73 Å². The number of anilines is 2. The largest absolute Gasteiger partial charge is 1.00 e. The van der Waals surface area contributed by atoms with Gasteiger partial charge in [0.2, 0.25) is 10.4 Å². The molecule has 5 rings (SSSR count). The van der Waals surface area contributed by atoms with E-state index >= 15 is 0 Å². The van der Waals surface area contributed by atoms with E-state index in [2.05, 4.69) is 47.8 Å². The molecule has 0 spiro atoms. The van der Waals surface area contributed by atoms with Crippen LogP contribution in [0.2, 0.25) is 0 Å². The molecule has 0 aromatic heterocycles. The molecule has 0 saturated heterocycles. The molecule has 25 nitrogen and oxygen atoms in total. The molecule has 68 heavy (non-hydrogen) atoms. The standard InChI is InChI=1S/C33H30N6O19S6.4Na/c34-29-28-20(17-26(59-58-56-42)30(32(28)40)38-36-22-6-10-25(11-7-22)61(44,45)14-12-54-60-57-43)18-27(63(48,49)50)31(29)39-37-23-3-1-2-19(16-23)33(41)35-21-4-8-24(9-5-21)62(46,47)15-13-55-64(51,52)53;;;;/h1-11,16-18,40,42-43H,12-15,34H2,(H,35,41)(H,48,49,50)(H,51,52,53);;;;/q;4*+1/p-4. The van der Waals surface area contributed by atoms with Gasteiger partial charge >= 0.3 is 118 Å². The molecule has 0 aliphatic rings. The minimum absolute atomic E-state index is 0. The second-order valence-electron chi connectivity index (χ2n) is 12.2. The van der Waals surface area contributed by atoms with E-state index in [9.17, 15) is 63.2 Å². The van der Waals surface area contributed by atoms with E-state index in [-0.39, 0.29) is 197 Å². The van der Waals surface area contributed by atoms with Crippen LogP contribution in [0, 0.1) is 0 Å². The van der Waals surface area contributed by atoms with Crippen molar-refractivity contribution in [2.75, 3.05) is 35.8 Å². The molecule has 0 fully saturated rings. The van der Waals surface area contributed by atoms with Crippen molar-refractivity contribution in [2.24, 2.45) is 20.5 Å². The molecule has 0 unspecified atom stereocenters. The van der Waals surface area contributed by atoms with Gasteiger partial charge in [0.15, 0.2) is 25.4 Å². The van der Waals surface area contributed by atoms with Gasteiger partial charge in [-0.3, -0.25) is 18.2 Å². The zero-order valence-electron chi connectivity index (χ0n) is 35.5. The SMILES string of the molecule is Nc1c(N=Nc2cccc(C(=O)Nc3ccc(S(=O)(=O)CCOS(=O)(=O)[O-])cc3)c2)c(S(=O)(=O)[O-])cc2cc(SOO[O-])c(N=Nc3ccc(S(=O)(=O)CCOSO[O-])cc3)c(O)c12.[Na+].[Na+].[Na+].[Na+]. The van der Waals surface area contributed by atoms with Gasteiger partial charge in [0.1, 0.15) is 33.8 Å². The molecule has 5 aromatic rings. The Morgan fingerprint density at radius 2 is 1.29 bits per heavy atom. The number of nitrogen functional groups attached to an aromatic ring is 1. The van der Waals surface area contributed by atoms with Gasteiger partial charge in [-0.15, -0.1) is 10.2 Å². The predicted octanol–water partition coefficient (Wildman–Crippen LogP) is -8.74. The van der Waals surface area contributed by atoms with Gasteiger partial charge in [0.25, 0.3) is 5.91 Å². The molecule has 4 N–H and O–H groups in total.